The van der Waals surface area contributed by atoms with Crippen molar-refractivity contribution in [1.82, 2.24) is 4.98 Å². The fourth-order valence-electron chi connectivity index (χ4n) is 3.37. The minimum atomic E-state index is -0.334. The first-order valence-electron chi connectivity index (χ1n) is 7.87. The Morgan fingerprint density at radius 1 is 1.22 bits per heavy atom. The highest BCUT2D eigenvalue weighted by Crippen LogP contribution is 2.42. The van der Waals surface area contributed by atoms with Crippen molar-refractivity contribution in [2.45, 2.75) is 20.3 Å². The zero-order valence-corrected chi connectivity index (χ0v) is 13.2. The largest absolute Gasteiger partial charge is 0.461 e. The van der Waals surface area contributed by atoms with Gasteiger partial charge in [0.2, 0.25) is 0 Å². The van der Waals surface area contributed by atoms with Crippen LogP contribution in [0.1, 0.15) is 34.1 Å². The van der Waals surface area contributed by atoms with E-state index < -0.39 is 0 Å². The third-order valence-electron chi connectivity index (χ3n) is 4.36. The molecule has 0 spiro atoms. The number of pyridine rings is 1. The zero-order chi connectivity index (χ0) is 16.0. The lowest BCUT2D eigenvalue weighted by atomic mass is 9.98. The highest BCUT2D eigenvalue weighted by atomic mass is 16.5. The van der Waals surface area contributed by atoms with Crippen molar-refractivity contribution in [3.8, 4) is 11.1 Å². The van der Waals surface area contributed by atoms with Gasteiger partial charge in [0.05, 0.1) is 12.1 Å². The van der Waals surface area contributed by atoms with Gasteiger partial charge in [-0.2, -0.15) is 0 Å². The van der Waals surface area contributed by atoms with Crippen LogP contribution < -0.4 is 0 Å². The lowest BCUT2D eigenvalue weighted by Gasteiger charge is -2.11. The maximum Gasteiger partial charge on any atom is 0.357 e. The molecule has 114 valence electrons. The standard InChI is InChI=1S/C20H17NO2/c1-3-23-20(22)19-16-11-13-6-4-5-7-14(13)18(16)15-10-12(2)8-9-17(15)21-19/h4-10H,3,11H2,1-2H3. The summed E-state index contributed by atoms with van der Waals surface area (Å²) in [5, 5.41) is 1.11. The quantitative estimate of drug-likeness (QED) is 0.519. The van der Waals surface area contributed by atoms with Crippen LogP contribution in [0.15, 0.2) is 42.5 Å². The average Bonchev–Trinajstić information content (AvgIpc) is 2.94. The van der Waals surface area contributed by atoms with Crippen LogP contribution in [0.2, 0.25) is 0 Å². The fraction of sp³-hybridized carbons (Fsp3) is 0.200. The van der Waals surface area contributed by atoms with Crippen LogP contribution in [0, 0.1) is 6.92 Å². The van der Waals surface area contributed by atoms with Crippen molar-refractivity contribution < 1.29 is 9.53 Å². The molecule has 0 atom stereocenters. The Balaban J connectivity index is 2.08. The number of carbonyl (C=O) groups excluding carboxylic acids is 1. The monoisotopic (exact) mass is 303 g/mol. The third kappa shape index (κ3) is 2.12. The first-order chi connectivity index (χ1) is 11.2. The molecular formula is C20H17NO2. The minimum Gasteiger partial charge on any atom is -0.461 e. The van der Waals surface area contributed by atoms with E-state index >= 15 is 0 Å². The number of ether oxygens (including phenoxy) is 1. The Labute approximate surface area is 134 Å². The maximum absolute atomic E-state index is 12.4. The summed E-state index contributed by atoms with van der Waals surface area (Å²) in [5.74, 6) is -0.334. The molecule has 3 aromatic rings. The number of aryl methyl sites for hydroxylation is 1. The topological polar surface area (TPSA) is 39.2 Å². The number of rotatable bonds is 2. The van der Waals surface area contributed by atoms with Crippen LogP contribution in [0.4, 0.5) is 0 Å². The van der Waals surface area contributed by atoms with Crippen LogP contribution in [-0.4, -0.2) is 17.6 Å². The fourth-order valence-corrected chi connectivity index (χ4v) is 3.37. The summed E-state index contributed by atoms with van der Waals surface area (Å²) >= 11 is 0. The van der Waals surface area contributed by atoms with E-state index in [9.17, 15) is 4.79 Å². The highest BCUT2D eigenvalue weighted by molar-refractivity contribution is 6.04. The van der Waals surface area contributed by atoms with Crippen LogP contribution >= 0.6 is 0 Å². The summed E-state index contributed by atoms with van der Waals surface area (Å²) in [7, 11) is 0. The van der Waals surface area contributed by atoms with E-state index in [1.54, 1.807) is 0 Å². The van der Waals surface area contributed by atoms with Gasteiger partial charge in [-0.15, -0.1) is 0 Å². The summed E-state index contributed by atoms with van der Waals surface area (Å²) in [6.07, 6.45) is 0.733. The number of aromatic nitrogens is 1. The van der Waals surface area contributed by atoms with Crippen molar-refractivity contribution in [1.29, 1.82) is 0 Å². The Kier molecular flexibility index (Phi) is 3.15. The second kappa shape index (κ2) is 5.20. The van der Waals surface area contributed by atoms with Gasteiger partial charge in [-0.1, -0.05) is 35.9 Å². The normalized spacial score (nSPS) is 12.1. The summed E-state index contributed by atoms with van der Waals surface area (Å²) in [4.78, 5) is 17.0. The number of esters is 1. The van der Waals surface area contributed by atoms with E-state index in [-0.39, 0.29) is 5.97 Å². The molecule has 0 N–H and O–H groups in total. The van der Waals surface area contributed by atoms with Crippen molar-refractivity contribution in [3.63, 3.8) is 0 Å². The van der Waals surface area contributed by atoms with Crippen molar-refractivity contribution in [3.05, 3.63) is 64.8 Å². The Morgan fingerprint density at radius 3 is 2.87 bits per heavy atom. The molecule has 0 saturated carbocycles. The van der Waals surface area contributed by atoms with Gasteiger partial charge in [0.25, 0.3) is 0 Å². The van der Waals surface area contributed by atoms with Gasteiger partial charge in [-0.3, -0.25) is 0 Å². The van der Waals surface area contributed by atoms with Crippen LogP contribution in [-0.2, 0) is 11.2 Å². The van der Waals surface area contributed by atoms with E-state index in [2.05, 4.69) is 30.1 Å². The molecule has 0 unspecified atom stereocenters. The minimum absolute atomic E-state index is 0.334. The Hall–Kier alpha value is -2.68. The maximum atomic E-state index is 12.4. The van der Waals surface area contributed by atoms with E-state index in [0.717, 1.165) is 28.5 Å². The second-order valence-electron chi connectivity index (χ2n) is 5.89. The number of hydrogen-bond acceptors (Lipinski definition) is 3. The second-order valence-corrected chi connectivity index (χ2v) is 5.89. The Morgan fingerprint density at radius 2 is 2.04 bits per heavy atom. The molecule has 0 radical (unpaired) electrons. The van der Waals surface area contributed by atoms with Crippen LogP contribution in [0.3, 0.4) is 0 Å². The smallest absolute Gasteiger partial charge is 0.357 e. The molecule has 3 heteroatoms. The van der Waals surface area contributed by atoms with Crippen molar-refractivity contribution in [2.75, 3.05) is 6.61 Å². The van der Waals surface area contributed by atoms with Gasteiger partial charge in [-0.05, 0) is 48.2 Å². The average molecular weight is 303 g/mol. The van der Waals surface area contributed by atoms with Gasteiger partial charge in [0.1, 0.15) is 0 Å². The molecule has 3 nitrogen and oxygen atoms in total. The molecule has 0 aliphatic heterocycles. The molecular weight excluding hydrogens is 286 g/mol. The van der Waals surface area contributed by atoms with Crippen molar-refractivity contribution in [2.24, 2.45) is 0 Å². The zero-order valence-electron chi connectivity index (χ0n) is 13.2. The molecule has 0 amide bonds. The van der Waals surface area contributed by atoms with Crippen LogP contribution in [0.25, 0.3) is 22.0 Å². The van der Waals surface area contributed by atoms with Gasteiger partial charge in [-0.25, -0.2) is 9.78 Å². The number of carbonyl (C=O) groups is 1. The molecule has 1 aromatic heterocycles. The Bertz CT molecular complexity index is 944. The molecule has 1 heterocycles. The van der Waals surface area contributed by atoms with E-state index in [1.165, 1.54) is 16.7 Å². The molecule has 0 bridgehead atoms. The predicted molar refractivity (Wildman–Crippen MR) is 90.7 cm³/mol. The lowest BCUT2D eigenvalue weighted by Crippen LogP contribution is -2.11. The van der Waals surface area contributed by atoms with Crippen LogP contribution in [0.5, 0.6) is 0 Å². The number of hydrogen-bond donors (Lipinski definition) is 0. The van der Waals surface area contributed by atoms with Gasteiger partial charge in [0.15, 0.2) is 5.69 Å². The third-order valence-corrected chi connectivity index (χ3v) is 4.36. The molecule has 2 aromatic carbocycles. The molecule has 1 aliphatic rings. The first kappa shape index (κ1) is 13.9. The van der Waals surface area contributed by atoms with Gasteiger partial charge in [0, 0.05) is 11.8 Å². The SMILES string of the molecule is CCOC(=O)c1nc2ccc(C)cc2c2c1Cc1ccccc1-2. The summed E-state index contributed by atoms with van der Waals surface area (Å²) in [6.45, 7) is 4.25. The van der Waals surface area contributed by atoms with Crippen molar-refractivity contribution >= 4 is 16.9 Å². The predicted octanol–water partition coefficient (Wildman–Crippen LogP) is 4.29. The van der Waals surface area contributed by atoms with Gasteiger partial charge < -0.3 is 4.74 Å². The number of fused-ring (bicyclic) bond motifs is 5. The number of benzene rings is 2. The summed E-state index contributed by atoms with van der Waals surface area (Å²) < 4.78 is 5.22. The van der Waals surface area contributed by atoms with Gasteiger partial charge >= 0.3 is 5.97 Å². The van der Waals surface area contributed by atoms with E-state index in [4.69, 9.17) is 4.74 Å². The lowest BCUT2D eigenvalue weighted by molar-refractivity contribution is 0.0519. The van der Waals surface area contributed by atoms with E-state index in [1.807, 2.05) is 31.2 Å². The molecule has 23 heavy (non-hydrogen) atoms. The summed E-state index contributed by atoms with van der Waals surface area (Å²) in [5.41, 5.74) is 7.05. The molecule has 0 fully saturated rings. The number of nitrogens with zero attached hydrogens (tertiary/aromatic N) is 1. The molecule has 0 saturated heterocycles. The highest BCUT2D eigenvalue weighted by Gasteiger charge is 2.28. The first-order valence-corrected chi connectivity index (χ1v) is 7.87. The summed E-state index contributed by atoms with van der Waals surface area (Å²) in [6, 6.07) is 14.5. The molecule has 1 aliphatic carbocycles. The molecule has 4 rings (SSSR count). The van der Waals surface area contributed by atoms with E-state index in [0.29, 0.717) is 12.3 Å².